The summed E-state index contributed by atoms with van der Waals surface area (Å²) in [5.41, 5.74) is 0. The van der Waals surface area contributed by atoms with Crippen molar-refractivity contribution >= 4 is 5.91 Å². The summed E-state index contributed by atoms with van der Waals surface area (Å²) >= 11 is 0. The van der Waals surface area contributed by atoms with Gasteiger partial charge in [-0.2, -0.15) is 0 Å². The van der Waals surface area contributed by atoms with Gasteiger partial charge in [-0.3, -0.25) is 4.79 Å². The van der Waals surface area contributed by atoms with E-state index in [0.717, 1.165) is 18.9 Å². The third-order valence-corrected chi connectivity index (χ3v) is 2.38. The van der Waals surface area contributed by atoms with E-state index in [4.69, 9.17) is 0 Å². The number of carbonyl (C=O) groups is 1. The lowest BCUT2D eigenvalue weighted by atomic mass is 10.3. The molecule has 1 saturated heterocycles. The molecule has 1 aliphatic carbocycles. The smallest absolute Gasteiger partial charge is 0.223 e. The molecule has 1 saturated carbocycles. The van der Waals surface area contributed by atoms with Crippen LogP contribution in [0.3, 0.4) is 0 Å². The first-order valence-electron chi connectivity index (χ1n) is 3.62. The molecule has 2 unspecified atom stereocenters. The number of rotatable bonds is 1. The molecule has 0 radical (unpaired) electrons. The van der Waals surface area contributed by atoms with E-state index < -0.39 is 0 Å². The van der Waals surface area contributed by atoms with Crippen molar-refractivity contribution < 1.29 is 4.79 Å². The van der Waals surface area contributed by atoms with Crippen molar-refractivity contribution in [3.63, 3.8) is 0 Å². The zero-order chi connectivity index (χ0) is 6.43. The second-order valence-electron chi connectivity index (χ2n) is 2.95. The van der Waals surface area contributed by atoms with Gasteiger partial charge in [0.15, 0.2) is 0 Å². The summed E-state index contributed by atoms with van der Waals surface area (Å²) in [4.78, 5) is 13.0. The Balaban J connectivity index is 2.10. The van der Waals surface area contributed by atoms with Gasteiger partial charge in [0.25, 0.3) is 0 Å². The highest BCUT2D eigenvalue weighted by Crippen LogP contribution is 2.44. The quantitative estimate of drug-likeness (QED) is 0.503. The molecule has 2 rings (SSSR count). The zero-order valence-electron chi connectivity index (χ0n) is 5.63. The minimum atomic E-state index is 0.374. The predicted octanol–water partition coefficient (Wildman–Crippen LogP) is 0.627. The fourth-order valence-corrected chi connectivity index (χ4v) is 1.77. The standard InChI is InChI=1S/C7H11NO/c1-2-8-6-3-5(6)4-7(8)9/h5-6H,2-4H2,1H3. The lowest BCUT2D eigenvalue weighted by molar-refractivity contribution is -0.129. The molecule has 9 heavy (non-hydrogen) atoms. The molecule has 1 heterocycles. The van der Waals surface area contributed by atoms with Crippen LogP contribution in [0.2, 0.25) is 0 Å². The number of hydrogen-bond donors (Lipinski definition) is 0. The molecule has 0 N–H and O–H groups in total. The van der Waals surface area contributed by atoms with Crippen LogP contribution in [0.4, 0.5) is 0 Å². The van der Waals surface area contributed by atoms with Crippen molar-refractivity contribution in [2.75, 3.05) is 6.54 Å². The zero-order valence-corrected chi connectivity index (χ0v) is 5.63. The van der Waals surface area contributed by atoms with Crippen molar-refractivity contribution in [3.8, 4) is 0 Å². The van der Waals surface area contributed by atoms with Crippen LogP contribution in [-0.2, 0) is 4.79 Å². The first-order chi connectivity index (χ1) is 4.33. The van der Waals surface area contributed by atoms with E-state index in [1.54, 1.807) is 0 Å². The SMILES string of the molecule is CCN1C(=O)CC2CC21. The number of carbonyl (C=O) groups excluding carboxylic acids is 1. The van der Waals surface area contributed by atoms with Crippen LogP contribution in [-0.4, -0.2) is 23.4 Å². The van der Waals surface area contributed by atoms with Gasteiger partial charge in [-0.05, 0) is 19.3 Å². The number of likely N-dealkylation sites (tertiary alicyclic amines) is 1. The van der Waals surface area contributed by atoms with Crippen LogP contribution < -0.4 is 0 Å². The molecule has 2 heteroatoms. The molecule has 50 valence electrons. The van der Waals surface area contributed by atoms with Gasteiger partial charge in [-0.1, -0.05) is 0 Å². The first-order valence-corrected chi connectivity index (χ1v) is 3.62. The minimum absolute atomic E-state index is 0.374. The van der Waals surface area contributed by atoms with Gasteiger partial charge in [-0.25, -0.2) is 0 Å². The minimum Gasteiger partial charge on any atom is -0.340 e. The van der Waals surface area contributed by atoms with Gasteiger partial charge in [0, 0.05) is 19.0 Å². The average Bonchev–Trinajstić information content (AvgIpc) is 2.45. The Bertz CT molecular complexity index is 155. The van der Waals surface area contributed by atoms with Crippen LogP contribution in [0.5, 0.6) is 0 Å². The third-order valence-electron chi connectivity index (χ3n) is 2.38. The van der Waals surface area contributed by atoms with Crippen molar-refractivity contribution in [1.82, 2.24) is 4.90 Å². The van der Waals surface area contributed by atoms with Crippen LogP contribution in [0.15, 0.2) is 0 Å². The predicted molar refractivity (Wildman–Crippen MR) is 33.9 cm³/mol. The van der Waals surface area contributed by atoms with Gasteiger partial charge in [-0.15, -0.1) is 0 Å². The Morgan fingerprint density at radius 1 is 1.78 bits per heavy atom. The molecule has 0 aromatic heterocycles. The molecule has 2 fully saturated rings. The molecule has 0 aromatic carbocycles. The molecular weight excluding hydrogens is 114 g/mol. The van der Waals surface area contributed by atoms with Crippen LogP contribution in [0.1, 0.15) is 19.8 Å². The molecule has 2 nitrogen and oxygen atoms in total. The van der Waals surface area contributed by atoms with E-state index in [9.17, 15) is 4.79 Å². The molecule has 0 spiro atoms. The van der Waals surface area contributed by atoms with E-state index >= 15 is 0 Å². The monoisotopic (exact) mass is 125 g/mol. The average molecular weight is 125 g/mol. The van der Waals surface area contributed by atoms with Crippen molar-refractivity contribution in [1.29, 1.82) is 0 Å². The summed E-state index contributed by atoms with van der Waals surface area (Å²) in [6.07, 6.45) is 2.11. The number of hydrogen-bond acceptors (Lipinski definition) is 1. The van der Waals surface area contributed by atoms with E-state index in [1.807, 2.05) is 4.90 Å². The van der Waals surface area contributed by atoms with E-state index in [2.05, 4.69) is 6.92 Å². The Morgan fingerprint density at radius 2 is 2.56 bits per heavy atom. The maximum atomic E-state index is 11.0. The summed E-state index contributed by atoms with van der Waals surface area (Å²) in [6, 6.07) is 0.655. The molecule has 0 bridgehead atoms. The van der Waals surface area contributed by atoms with E-state index in [1.165, 1.54) is 6.42 Å². The highest BCUT2D eigenvalue weighted by Gasteiger charge is 2.50. The second-order valence-corrected chi connectivity index (χ2v) is 2.95. The van der Waals surface area contributed by atoms with Crippen LogP contribution in [0, 0.1) is 5.92 Å². The summed E-state index contributed by atoms with van der Waals surface area (Å²) in [7, 11) is 0. The Labute approximate surface area is 54.8 Å². The topological polar surface area (TPSA) is 20.3 Å². The highest BCUT2D eigenvalue weighted by atomic mass is 16.2. The summed E-state index contributed by atoms with van der Waals surface area (Å²) in [5, 5.41) is 0. The molecular formula is C7H11NO. The van der Waals surface area contributed by atoms with Crippen molar-refractivity contribution in [2.24, 2.45) is 5.92 Å². The van der Waals surface area contributed by atoms with E-state index in [0.29, 0.717) is 11.9 Å². The Morgan fingerprint density at radius 3 is 2.89 bits per heavy atom. The van der Waals surface area contributed by atoms with Crippen LogP contribution in [0.25, 0.3) is 0 Å². The Kier molecular flexibility index (Phi) is 0.875. The van der Waals surface area contributed by atoms with Crippen LogP contribution >= 0.6 is 0 Å². The van der Waals surface area contributed by atoms with E-state index in [-0.39, 0.29) is 0 Å². The van der Waals surface area contributed by atoms with Crippen molar-refractivity contribution in [3.05, 3.63) is 0 Å². The second kappa shape index (κ2) is 1.49. The summed E-state index contributed by atoms with van der Waals surface area (Å²) < 4.78 is 0. The van der Waals surface area contributed by atoms with Gasteiger partial charge in [0.2, 0.25) is 5.91 Å². The summed E-state index contributed by atoms with van der Waals surface area (Å²) in [6.45, 7) is 2.97. The molecule has 2 aliphatic rings. The maximum absolute atomic E-state index is 11.0. The fraction of sp³-hybridized carbons (Fsp3) is 0.857. The first kappa shape index (κ1) is 5.27. The lowest BCUT2D eigenvalue weighted by Crippen LogP contribution is -2.27. The number of piperidine rings is 1. The van der Waals surface area contributed by atoms with Gasteiger partial charge in [0.05, 0.1) is 0 Å². The highest BCUT2D eigenvalue weighted by molar-refractivity contribution is 5.80. The third kappa shape index (κ3) is 0.590. The fourth-order valence-electron chi connectivity index (χ4n) is 1.77. The number of amides is 1. The lowest BCUT2D eigenvalue weighted by Gasteiger charge is -2.14. The largest absolute Gasteiger partial charge is 0.340 e. The van der Waals surface area contributed by atoms with Crippen molar-refractivity contribution in [2.45, 2.75) is 25.8 Å². The molecule has 0 aromatic rings. The van der Waals surface area contributed by atoms with Gasteiger partial charge >= 0.3 is 0 Å². The maximum Gasteiger partial charge on any atom is 0.223 e. The molecule has 1 aliphatic heterocycles. The van der Waals surface area contributed by atoms with Gasteiger partial charge in [0.1, 0.15) is 0 Å². The number of fused-ring (bicyclic) bond motifs is 1. The molecule has 1 amide bonds. The van der Waals surface area contributed by atoms with Gasteiger partial charge < -0.3 is 4.90 Å². The number of nitrogens with zero attached hydrogens (tertiary/aromatic N) is 1. The summed E-state index contributed by atoms with van der Waals surface area (Å²) in [5.74, 6) is 1.12. The Hall–Kier alpha value is -0.530. The molecule has 2 atom stereocenters. The normalized spacial score (nSPS) is 39.2.